The van der Waals surface area contributed by atoms with E-state index in [1.165, 1.54) is 0 Å². The highest BCUT2D eigenvalue weighted by atomic mass is 19.1. The molecule has 2 aromatic rings. The number of ether oxygens (including phenoxy) is 1. The van der Waals surface area contributed by atoms with Gasteiger partial charge in [0.05, 0.1) is 13.2 Å². The van der Waals surface area contributed by atoms with Crippen molar-refractivity contribution < 1.29 is 18.3 Å². The Kier molecular flexibility index (Phi) is 6.30. The number of urea groups is 1. The van der Waals surface area contributed by atoms with Crippen LogP contribution >= 0.6 is 0 Å². The van der Waals surface area contributed by atoms with Crippen molar-refractivity contribution >= 4 is 11.7 Å². The number of carbonyl (C=O) groups is 1. The van der Waals surface area contributed by atoms with Crippen molar-refractivity contribution in [2.75, 3.05) is 33.1 Å². The third-order valence-corrected chi connectivity index (χ3v) is 3.68. The van der Waals surface area contributed by atoms with Gasteiger partial charge in [-0.15, -0.1) is 0 Å². The molecule has 1 atom stereocenters. The number of methoxy groups -OCH3 is 1. The van der Waals surface area contributed by atoms with Crippen molar-refractivity contribution in [3.05, 3.63) is 59.7 Å². The van der Waals surface area contributed by atoms with Crippen LogP contribution in [0.5, 0.6) is 5.75 Å². The topological polar surface area (TPSA) is 53.6 Å². The predicted octanol–water partition coefficient (Wildman–Crippen LogP) is 3.40. The molecule has 25 heavy (non-hydrogen) atoms. The maximum Gasteiger partial charge on any atom is 0.319 e. The van der Waals surface area contributed by atoms with Crippen molar-refractivity contribution in [2.24, 2.45) is 0 Å². The summed E-state index contributed by atoms with van der Waals surface area (Å²) >= 11 is 0. The molecule has 0 heterocycles. The van der Waals surface area contributed by atoms with Gasteiger partial charge in [-0.3, -0.25) is 0 Å². The molecule has 2 rings (SSSR count). The van der Waals surface area contributed by atoms with Crippen LogP contribution < -0.4 is 15.4 Å². The Hall–Kier alpha value is -2.67. The van der Waals surface area contributed by atoms with E-state index < -0.39 is 17.7 Å². The Labute approximate surface area is 145 Å². The van der Waals surface area contributed by atoms with Gasteiger partial charge in [0.1, 0.15) is 17.4 Å². The summed E-state index contributed by atoms with van der Waals surface area (Å²) < 4.78 is 31.5. The molecule has 0 aliphatic rings. The molecule has 2 aromatic carbocycles. The summed E-state index contributed by atoms with van der Waals surface area (Å²) in [6.07, 6.45) is 0. The molecule has 0 aromatic heterocycles. The van der Waals surface area contributed by atoms with E-state index in [4.69, 9.17) is 4.74 Å². The van der Waals surface area contributed by atoms with Gasteiger partial charge in [0.25, 0.3) is 0 Å². The molecule has 0 saturated carbocycles. The Balaban J connectivity index is 2.01. The lowest BCUT2D eigenvalue weighted by molar-refractivity contribution is 0.243. The molecule has 2 N–H and O–H groups in total. The minimum absolute atomic E-state index is 0.0535. The van der Waals surface area contributed by atoms with Crippen molar-refractivity contribution in [3.63, 3.8) is 0 Å². The van der Waals surface area contributed by atoms with Crippen LogP contribution in [-0.2, 0) is 0 Å². The van der Waals surface area contributed by atoms with Crippen molar-refractivity contribution in [1.29, 1.82) is 0 Å². The van der Waals surface area contributed by atoms with Gasteiger partial charge in [0.15, 0.2) is 0 Å². The van der Waals surface area contributed by atoms with E-state index in [1.54, 1.807) is 7.11 Å². The van der Waals surface area contributed by atoms with Gasteiger partial charge < -0.3 is 20.3 Å². The number of nitrogens with one attached hydrogen (secondary N) is 2. The summed E-state index contributed by atoms with van der Waals surface area (Å²) in [4.78, 5) is 14.0. The maximum absolute atomic E-state index is 13.2. The standard InChI is InChI=1S/C18H21F2N3O2/c1-23(2)17(12-5-4-6-16(7-12)25-3)11-21-18(24)22-15-9-13(19)8-14(20)10-15/h4-10,17H,11H2,1-3H3,(H2,21,22,24). The first-order chi connectivity index (χ1) is 11.9. The first kappa shape index (κ1) is 18.7. The zero-order chi connectivity index (χ0) is 18.4. The fourth-order valence-corrected chi connectivity index (χ4v) is 2.44. The number of hydrogen-bond acceptors (Lipinski definition) is 3. The molecule has 0 aliphatic heterocycles. The normalized spacial score (nSPS) is 11.9. The van der Waals surface area contributed by atoms with Crippen LogP contribution in [0.3, 0.4) is 0 Å². The monoisotopic (exact) mass is 349 g/mol. The Morgan fingerprint density at radius 3 is 2.44 bits per heavy atom. The lowest BCUT2D eigenvalue weighted by atomic mass is 10.1. The van der Waals surface area contributed by atoms with Crippen molar-refractivity contribution in [1.82, 2.24) is 10.2 Å². The van der Waals surface area contributed by atoms with E-state index in [-0.39, 0.29) is 11.7 Å². The number of carbonyl (C=O) groups excluding carboxylic acids is 1. The number of likely N-dealkylation sites (N-methyl/N-ethyl adjacent to an activating group) is 1. The second kappa shape index (κ2) is 8.43. The van der Waals surface area contributed by atoms with Crippen LogP contribution in [0.25, 0.3) is 0 Å². The highest BCUT2D eigenvalue weighted by Crippen LogP contribution is 2.22. The predicted molar refractivity (Wildman–Crippen MR) is 92.8 cm³/mol. The summed E-state index contributed by atoms with van der Waals surface area (Å²) in [5.41, 5.74) is 1.03. The number of halogens is 2. The molecular weight excluding hydrogens is 328 g/mol. The molecule has 0 fully saturated rings. The number of amides is 2. The zero-order valence-electron chi connectivity index (χ0n) is 14.3. The highest BCUT2D eigenvalue weighted by molar-refractivity contribution is 5.89. The van der Waals surface area contributed by atoms with E-state index in [0.29, 0.717) is 6.54 Å². The Morgan fingerprint density at radius 1 is 1.16 bits per heavy atom. The SMILES string of the molecule is COc1cccc(C(CNC(=O)Nc2cc(F)cc(F)c2)N(C)C)c1. The summed E-state index contributed by atoms with van der Waals surface area (Å²) in [6.45, 7) is 0.309. The molecule has 7 heteroatoms. The van der Waals surface area contributed by atoms with Gasteiger partial charge in [-0.05, 0) is 43.9 Å². The fraction of sp³-hybridized carbons (Fsp3) is 0.278. The van der Waals surface area contributed by atoms with Crippen LogP contribution in [0.15, 0.2) is 42.5 Å². The van der Waals surface area contributed by atoms with Gasteiger partial charge in [0, 0.05) is 18.3 Å². The minimum atomic E-state index is -0.752. The number of benzene rings is 2. The molecule has 0 aliphatic carbocycles. The van der Waals surface area contributed by atoms with Crippen LogP contribution in [0.1, 0.15) is 11.6 Å². The van der Waals surface area contributed by atoms with Gasteiger partial charge in [-0.2, -0.15) is 0 Å². The number of anilines is 1. The molecule has 2 amide bonds. The van der Waals surface area contributed by atoms with Crippen LogP contribution in [0.2, 0.25) is 0 Å². The third kappa shape index (κ3) is 5.42. The van der Waals surface area contributed by atoms with E-state index in [2.05, 4.69) is 10.6 Å². The second-order valence-electron chi connectivity index (χ2n) is 5.75. The number of nitrogens with zero attached hydrogens (tertiary/aromatic N) is 1. The lowest BCUT2D eigenvalue weighted by Gasteiger charge is -2.25. The fourth-order valence-electron chi connectivity index (χ4n) is 2.44. The first-order valence-corrected chi connectivity index (χ1v) is 7.70. The molecule has 0 bridgehead atoms. The van der Waals surface area contributed by atoms with Gasteiger partial charge in [-0.25, -0.2) is 13.6 Å². The lowest BCUT2D eigenvalue weighted by Crippen LogP contribution is -2.36. The average Bonchev–Trinajstić information content (AvgIpc) is 2.54. The summed E-state index contributed by atoms with van der Waals surface area (Å²) in [5.74, 6) is -0.778. The third-order valence-electron chi connectivity index (χ3n) is 3.68. The smallest absolute Gasteiger partial charge is 0.319 e. The van der Waals surface area contributed by atoms with Crippen LogP contribution in [0, 0.1) is 11.6 Å². The van der Waals surface area contributed by atoms with Gasteiger partial charge >= 0.3 is 6.03 Å². The van der Waals surface area contributed by atoms with Crippen molar-refractivity contribution in [2.45, 2.75) is 6.04 Å². The first-order valence-electron chi connectivity index (χ1n) is 7.70. The molecular formula is C18H21F2N3O2. The second-order valence-corrected chi connectivity index (χ2v) is 5.75. The Bertz CT molecular complexity index is 718. The minimum Gasteiger partial charge on any atom is -0.497 e. The molecule has 5 nitrogen and oxygen atoms in total. The zero-order valence-corrected chi connectivity index (χ0v) is 14.3. The Morgan fingerprint density at radius 2 is 1.84 bits per heavy atom. The van der Waals surface area contributed by atoms with E-state index >= 15 is 0 Å². The van der Waals surface area contributed by atoms with E-state index in [9.17, 15) is 13.6 Å². The van der Waals surface area contributed by atoms with E-state index in [1.807, 2.05) is 43.3 Å². The quantitative estimate of drug-likeness (QED) is 0.840. The summed E-state index contributed by atoms with van der Waals surface area (Å²) in [5, 5.41) is 5.13. The van der Waals surface area contributed by atoms with Crippen LogP contribution in [0.4, 0.5) is 19.3 Å². The largest absolute Gasteiger partial charge is 0.497 e. The highest BCUT2D eigenvalue weighted by Gasteiger charge is 2.16. The van der Waals surface area contributed by atoms with Gasteiger partial charge in [-0.1, -0.05) is 12.1 Å². The molecule has 1 unspecified atom stereocenters. The molecule has 134 valence electrons. The van der Waals surface area contributed by atoms with Crippen LogP contribution in [-0.4, -0.2) is 38.7 Å². The summed E-state index contributed by atoms with van der Waals surface area (Å²) in [7, 11) is 5.38. The summed E-state index contributed by atoms with van der Waals surface area (Å²) in [6, 6.07) is 9.76. The van der Waals surface area contributed by atoms with Crippen molar-refractivity contribution in [3.8, 4) is 5.75 Å². The average molecular weight is 349 g/mol. The van der Waals surface area contributed by atoms with E-state index in [0.717, 1.165) is 29.5 Å². The maximum atomic E-state index is 13.2. The molecule has 0 spiro atoms. The molecule has 0 radical (unpaired) electrons. The number of rotatable bonds is 6. The molecule has 0 saturated heterocycles. The number of hydrogen-bond donors (Lipinski definition) is 2. The van der Waals surface area contributed by atoms with Gasteiger partial charge in [0.2, 0.25) is 0 Å².